The molecule has 4 aliphatic rings. The highest BCUT2D eigenvalue weighted by Crippen LogP contribution is 2.67. The Morgan fingerprint density at radius 2 is 1.71 bits per heavy atom. The number of hydrogen-bond donors (Lipinski definition) is 2. The fourth-order valence-electron chi connectivity index (χ4n) is 7.86. The van der Waals surface area contributed by atoms with Crippen LogP contribution in [-0.4, -0.2) is 28.2 Å². The molecule has 0 saturated heterocycles. The van der Waals surface area contributed by atoms with Crippen molar-refractivity contribution in [1.29, 1.82) is 0 Å². The van der Waals surface area contributed by atoms with Crippen LogP contribution in [0.25, 0.3) is 0 Å². The van der Waals surface area contributed by atoms with Crippen LogP contribution >= 0.6 is 0 Å². The summed E-state index contributed by atoms with van der Waals surface area (Å²) in [5.74, 6) is 2.69. The fraction of sp³-hybridized carbons (Fsp3) is 0.952. The molecule has 4 aliphatic carbocycles. The first kappa shape index (κ1) is 17.0. The van der Waals surface area contributed by atoms with Crippen molar-refractivity contribution in [2.45, 2.75) is 84.3 Å². The number of rotatable bonds is 1. The Kier molecular flexibility index (Phi) is 3.93. The van der Waals surface area contributed by atoms with Crippen molar-refractivity contribution in [2.24, 2.45) is 40.4 Å². The molecule has 136 valence electrons. The molecule has 0 radical (unpaired) electrons. The van der Waals surface area contributed by atoms with Gasteiger partial charge >= 0.3 is 0 Å². The normalized spacial score (nSPS) is 57.0. The summed E-state index contributed by atoms with van der Waals surface area (Å²) in [6.45, 7) is 6.36. The number of carbonyl (C=O) groups excluding carboxylic acids is 1. The van der Waals surface area contributed by atoms with Gasteiger partial charge in [0.2, 0.25) is 0 Å². The molecule has 0 aromatic carbocycles. The number of aliphatic hydroxyl groups excluding tert-OH is 2. The molecule has 0 amide bonds. The van der Waals surface area contributed by atoms with Crippen molar-refractivity contribution in [1.82, 2.24) is 0 Å². The molecule has 4 rings (SSSR count). The van der Waals surface area contributed by atoms with E-state index in [-0.39, 0.29) is 34.7 Å². The van der Waals surface area contributed by atoms with Crippen molar-refractivity contribution in [3.63, 3.8) is 0 Å². The van der Waals surface area contributed by atoms with E-state index in [1.165, 1.54) is 12.8 Å². The van der Waals surface area contributed by atoms with Gasteiger partial charge in [0.25, 0.3) is 0 Å². The minimum Gasteiger partial charge on any atom is -0.393 e. The summed E-state index contributed by atoms with van der Waals surface area (Å²) in [7, 11) is 0. The highest BCUT2D eigenvalue weighted by molar-refractivity contribution is 5.79. The first-order valence-electron chi connectivity index (χ1n) is 10.1. The average Bonchev–Trinajstić information content (AvgIpc) is 2.88. The summed E-state index contributed by atoms with van der Waals surface area (Å²) in [6, 6.07) is 0. The molecule has 24 heavy (non-hydrogen) atoms. The quantitative estimate of drug-likeness (QED) is 0.771. The zero-order valence-electron chi connectivity index (χ0n) is 15.5. The number of carbonyl (C=O) groups is 1. The standard InChI is InChI=1S/C21H34O3/c1-12(22)16-6-7-17-15-5-4-13-10-14(23)8-9-20(13,2)18(15)11-19(24)21(16,17)3/h13-19,23-24H,4-11H2,1-3H3/t13?,14-,15?,16?,17?,18?,19+,20?,21?/m1/s1. The van der Waals surface area contributed by atoms with E-state index in [0.29, 0.717) is 23.7 Å². The minimum absolute atomic E-state index is 0.0529. The highest BCUT2D eigenvalue weighted by atomic mass is 16.3. The predicted molar refractivity (Wildman–Crippen MR) is 93.3 cm³/mol. The van der Waals surface area contributed by atoms with Gasteiger partial charge in [0, 0.05) is 11.3 Å². The monoisotopic (exact) mass is 334 g/mol. The highest BCUT2D eigenvalue weighted by Gasteiger charge is 2.63. The summed E-state index contributed by atoms with van der Waals surface area (Å²) >= 11 is 0. The summed E-state index contributed by atoms with van der Waals surface area (Å²) in [5, 5.41) is 21.3. The van der Waals surface area contributed by atoms with E-state index in [2.05, 4.69) is 13.8 Å². The van der Waals surface area contributed by atoms with E-state index in [9.17, 15) is 15.0 Å². The fourth-order valence-corrected chi connectivity index (χ4v) is 7.86. The maximum Gasteiger partial charge on any atom is 0.133 e. The number of fused-ring (bicyclic) bond motifs is 5. The molecule has 0 aromatic rings. The van der Waals surface area contributed by atoms with Crippen LogP contribution in [0.5, 0.6) is 0 Å². The van der Waals surface area contributed by atoms with Crippen LogP contribution in [0.3, 0.4) is 0 Å². The first-order chi connectivity index (χ1) is 11.3. The second kappa shape index (κ2) is 5.54. The van der Waals surface area contributed by atoms with E-state index in [1.54, 1.807) is 6.92 Å². The second-order valence-corrected chi connectivity index (χ2v) is 9.94. The molecule has 3 nitrogen and oxygen atoms in total. The van der Waals surface area contributed by atoms with Gasteiger partial charge in [-0.1, -0.05) is 13.8 Å². The molecule has 0 heterocycles. The van der Waals surface area contributed by atoms with Crippen molar-refractivity contribution >= 4 is 5.78 Å². The van der Waals surface area contributed by atoms with Gasteiger partial charge < -0.3 is 10.2 Å². The maximum absolute atomic E-state index is 12.2. The minimum atomic E-state index is -0.345. The topological polar surface area (TPSA) is 57.5 Å². The van der Waals surface area contributed by atoms with Gasteiger partial charge in [0.15, 0.2) is 0 Å². The average molecular weight is 335 g/mol. The summed E-state index contributed by atoms with van der Waals surface area (Å²) in [4.78, 5) is 12.2. The van der Waals surface area contributed by atoms with Gasteiger partial charge in [-0.3, -0.25) is 4.79 Å². The Morgan fingerprint density at radius 3 is 2.42 bits per heavy atom. The van der Waals surface area contributed by atoms with Gasteiger partial charge in [-0.2, -0.15) is 0 Å². The predicted octanol–water partition coefficient (Wildman–Crippen LogP) is 3.57. The zero-order chi connectivity index (χ0) is 17.3. The van der Waals surface area contributed by atoms with Crippen LogP contribution in [0.1, 0.15) is 72.1 Å². The SMILES string of the molecule is CC(=O)C1CCC2C3CCC4C[C@H](O)CCC4(C)C3C[C@H](O)C12C. The van der Waals surface area contributed by atoms with E-state index in [0.717, 1.165) is 38.5 Å². The third-order valence-electron chi connectivity index (χ3n) is 9.24. The molecule has 0 spiro atoms. The van der Waals surface area contributed by atoms with Crippen molar-refractivity contribution < 1.29 is 15.0 Å². The number of ketones is 1. The molecule has 2 N–H and O–H groups in total. The number of Topliss-reactive ketones (excluding diaryl/α,β-unsaturated/α-hetero) is 1. The van der Waals surface area contributed by atoms with Crippen molar-refractivity contribution in [3.8, 4) is 0 Å². The van der Waals surface area contributed by atoms with Crippen molar-refractivity contribution in [3.05, 3.63) is 0 Å². The molecule has 4 saturated carbocycles. The van der Waals surface area contributed by atoms with E-state index >= 15 is 0 Å². The lowest BCUT2D eigenvalue weighted by Crippen LogP contribution is -2.58. The smallest absolute Gasteiger partial charge is 0.133 e. The van der Waals surface area contributed by atoms with Gasteiger partial charge in [-0.25, -0.2) is 0 Å². The lowest BCUT2D eigenvalue weighted by Gasteiger charge is -2.62. The van der Waals surface area contributed by atoms with E-state index in [4.69, 9.17) is 0 Å². The molecule has 3 heteroatoms. The number of hydrogen-bond acceptors (Lipinski definition) is 3. The van der Waals surface area contributed by atoms with Crippen LogP contribution in [-0.2, 0) is 4.79 Å². The van der Waals surface area contributed by atoms with E-state index in [1.807, 2.05) is 0 Å². The van der Waals surface area contributed by atoms with Crippen LogP contribution in [0.4, 0.5) is 0 Å². The molecular weight excluding hydrogens is 300 g/mol. The first-order valence-corrected chi connectivity index (χ1v) is 10.1. The maximum atomic E-state index is 12.2. The largest absolute Gasteiger partial charge is 0.393 e. The molecule has 7 unspecified atom stereocenters. The Labute approximate surface area is 146 Å². The van der Waals surface area contributed by atoms with Gasteiger partial charge in [0.1, 0.15) is 5.78 Å². The Bertz CT molecular complexity index is 531. The molecule has 0 aromatic heterocycles. The van der Waals surface area contributed by atoms with Crippen LogP contribution in [0, 0.1) is 40.4 Å². The van der Waals surface area contributed by atoms with Gasteiger partial charge in [-0.05, 0) is 87.4 Å². The van der Waals surface area contributed by atoms with Crippen LogP contribution in [0.15, 0.2) is 0 Å². The molecular formula is C21H34O3. The summed E-state index contributed by atoms with van der Waals surface area (Å²) < 4.78 is 0. The van der Waals surface area contributed by atoms with Crippen LogP contribution < -0.4 is 0 Å². The lowest BCUT2D eigenvalue weighted by atomic mass is 9.44. The lowest BCUT2D eigenvalue weighted by molar-refractivity contribution is -0.173. The summed E-state index contributed by atoms with van der Waals surface area (Å²) in [6.07, 6.45) is 7.92. The van der Waals surface area contributed by atoms with Crippen LogP contribution in [0.2, 0.25) is 0 Å². The second-order valence-electron chi connectivity index (χ2n) is 9.94. The Hall–Kier alpha value is -0.410. The molecule has 0 bridgehead atoms. The third-order valence-corrected chi connectivity index (χ3v) is 9.24. The Morgan fingerprint density at radius 1 is 0.958 bits per heavy atom. The van der Waals surface area contributed by atoms with Gasteiger partial charge in [-0.15, -0.1) is 0 Å². The molecule has 4 fully saturated rings. The summed E-state index contributed by atoms with van der Waals surface area (Å²) in [5.41, 5.74) is 0.0726. The zero-order valence-corrected chi connectivity index (χ0v) is 15.5. The molecule has 0 aliphatic heterocycles. The van der Waals surface area contributed by atoms with Crippen molar-refractivity contribution in [2.75, 3.05) is 0 Å². The van der Waals surface area contributed by atoms with E-state index < -0.39 is 0 Å². The molecule has 9 atom stereocenters. The third kappa shape index (κ3) is 2.13. The number of aliphatic hydroxyl groups is 2. The Balaban J connectivity index is 1.66. The van der Waals surface area contributed by atoms with Gasteiger partial charge in [0.05, 0.1) is 12.2 Å².